The van der Waals surface area contributed by atoms with Gasteiger partial charge in [0.2, 0.25) is 0 Å². The smallest absolute Gasteiger partial charge is 0.264 e. The molecule has 0 radical (unpaired) electrons. The molecule has 4 N–H and O–H groups in total. The van der Waals surface area contributed by atoms with Crippen LogP contribution < -0.4 is 15.8 Å². The van der Waals surface area contributed by atoms with Crippen LogP contribution >= 0.6 is 0 Å². The van der Waals surface area contributed by atoms with Gasteiger partial charge in [-0.25, -0.2) is 13.1 Å². The number of nitrogens with two attached hydrogens (primary N) is 1. The Morgan fingerprint density at radius 3 is 2.24 bits per heavy atom. The molecule has 0 spiro atoms. The highest BCUT2D eigenvalue weighted by atomic mass is 32.2. The highest BCUT2D eigenvalue weighted by molar-refractivity contribution is 7.90. The third-order valence-electron chi connectivity index (χ3n) is 4.93. The maximum Gasteiger partial charge on any atom is 0.264 e. The first kappa shape index (κ1) is 24.2. The van der Waals surface area contributed by atoms with Crippen LogP contribution in [0.3, 0.4) is 0 Å². The van der Waals surface area contributed by atoms with Gasteiger partial charge in [-0.1, -0.05) is 62.4 Å². The minimum atomic E-state index is -4.14. The predicted octanol–water partition coefficient (Wildman–Crippen LogP) is 3.78. The molecule has 0 bridgehead atoms. The molecule has 33 heavy (non-hydrogen) atoms. The van der Waals surface area contributed by atoms with Crippen LogP contribution in [-0.2, 0) is 14.8 Å². The molecule has 0 aliphatic rings. The molecule has 0 saturated carbocycles. The molecule has 3 aromatic rings. The van der Waals surface area contributed by atoms with Crippen molar-refractivity contribution in [1.29, 1.82) is 0 Å². The van der Waals surface area contributed by atoms with E-state index in [1.165, 1.54) is 18.2 Å². The minimum absolute atomic E-state index is 0.146. The number of carbonyl (C=O) groups excluding carboxylic acids is 2. The first-order chi connectivity index (χ1) is 15.7. The summed E-state index contributed by atoms with van der Waals surface area (Å²) in [6, 6.07) is 21.6. The molecule has 0 aliphatic carbocycles. The lowest BCUT2D eigenvalue weighted by atomic mass is 10.0. The van der Waals surface area contributed by atoms with E-state index < -0.39 is 22.0 Å². The van der Waals surface area contributed by atoms with Crippen molar-refractivity contribution in [3.8, 4) is 11.1 Å². The summed E-state index contributed by atoms with van der Waals surface area (Å²) in [5.74, 6) is -1.01. The Bertz CT molecular complexity index is 1240. The maximum atomic E-state index is 12.8. The Hall–Kier alpha value is -3.49. The number of hydrogen-bond acceptors (Lipinski definition) is 5. The van der Waals surface area contributed by atoms with Crippen molar-refractivity contribution in [1.82, 2.24) is 4.72 Å². The van der Waals surface area contributed by atoms with E-state index in [0.29, 0.717) is 12.0 Å². The number of benzene rings is 3. The second-order valence-electron chi connectivity index (χ2n) is 8.13. The van der Waals surface area contributed by atoms with E-state index in [-0.39, 0.29) is 22.4 Å². The van der Waals surface area contributed by atoms with Gasteiger partial charge in [-0.2, -0.15) is 0 Å². The summed E-state index contributed by atoms with van der Waals surface area (Å²) in [7, 11) is -4.14. The molecule has 0 unspecified atom stereocenters. The molecule has 2 amide bonds. The first-order valence-corrected chi connectivity index (χ1v) is 12.0. The molecule has 7 nitrogen and oxygen atoms in total. The average Bonchev–Trinajstić information content (AvgIpc) is 2.79. The van der Waals surface area contributed by atoms with Gasteiger partial charge in [0.25, 0.3) is 21.8 Å². The number of carbonyl (C=O) groups is 2. The molecule has 0 fully saturated rings. The molecule has 0 aromatic heterocycles. The van der Waals surface area contributed by atoms with Crippen LogP contribution in [0.2, 0.25) is 0 Å². The summed E-state index contributed by atoms with van der Waals surface area (Å²) < 4.78 is 27.3. The summed E-state index contributed by atoms with van der Waals surface area (Å²) >= 11 is 0. The second-order valence-corrected chi connectivity index (χ2v) is 9.82. The number of amides is 2. The van der Waals surface area contributed by atoms with E-state index in [1.54, 1.807) is 24.3 Å². The Morgan fingerprint density at radius 2 is 1.55 bits per heavy atom. The van der Waals surface area contributed by atoms with Gasteiger partial charge in [0, 0.05) is 11.3 Å². The SMILES string of the molecule is CC(C)C[C@H](N)C(=O)NS(=O)(=O)c1cccc(NC(=O)c2cccc(-c3ccccc3)c2)c1. The van der Waals surface area contributed by atoms with E-state index >= 15 is 0 Å². The molecule has 0 saturated heterocycles. The van der Waals surface area contributed by atoms with Crippen LogP contribution in [0, 0.1) is 5.92 Å². The fraction of sp³-hybridized carbons (Fsp3) is 0.200. The lowest BCUT2D eigenvalue weighted by Crippen LogP contribution is -2.43. The average molecular weight is 466 g/mol. The standard InChI is InChI=1S/C25H27N3O4S/c1-17(2)14-23(26)25(30)28-33(31,32)22-13-7-12-21(16-22)27-24(29)20-11-6-10-19(15-20)18-8-4-3-5-9-18/h3-13,15-17,23H,14,26H2,1-2H3,(H,27,29)(H,28,30)/t23-/m0/s1. The van der Waals surface area contributed by atoms with Gasteiger partial charge in [-0.3, -0.25) is 9.59 Å². The van der Waals surface area contributed by atoms with E-state index in [1.807, 2.05) is 55.0 Å². The van der Waals surface area contributed by atoms with Crippen molar-refractivity contribution in [2.45, 2.75) is 31.2 Å². The normalized spacial score (nSPS) is 12.2. The summed E-state index contributed by atoms with van der Waals surface area (Å²) in [5, 5.41) is 2.71. The zero-order chi connectivity index (χ0) is 24.0. The number of sulfonamides is 1. The van der Waals surface area contributed by atoms with Crippen molar-refractivity contribution in [3.05, 3.63) is 84.4 Å². The van der Waals surface area contributed by atoms with Crippen molar-refractivity contribution < 1.29 is 18.0 Å². The topological polar surface area (TPSA) is 118 Å². The molecule has 0 aliphatic heterocycles. The number of nitrogens with one attached hydrogen (secondary N) is 2. The highest BCUT2D eigenvalue weighted by Crippen LogP contribution is 2.21. The molecule has 0 heterocycles. The van der Waals surface area contributed by atoms with Gasteiger partial charge in [0.1, 0.15) is 0 Å². The molecular formula is C25H27N3O4S. The van der Waals surface area contributed by atoms with Crippen LogP contribution in [0.25, 0.3) is 11.1 Å². The van der Waals surface area contributed by atoms with Crippen molar-refractivity contribution in [2.75, 3.05) is 5.32 Å². The monoisotopic (exact) mass is 465 g/mol. The lowest BCUT2D eigenvalue weighted by molar-refractivity contribution is -0.120. The Morgan fingerprint density at radius 1 is 0.879 bits per heavy atom. The summed E-state index contributed by atoms with van der Waals surface area (Å²) in [6.45, 7) is 3.78. The van der Waals surface area contributed by atoms with Crippen LogP contribution in [0.1, 0.15) is 30.6 Å². The fourth-order valence-corrected chi connectivity index (χ4v) is 4.37. The Kier molecular flexibility index (Phi) is 7.63. The molecule has 3 aromatic carbocycles. The van der Waals surface area contributed by atoms with Crippen molar-refractivity contribution in [2.24, 2.45) is 11.7 Å². The van der Waals surface area contributed by atoms with Crippen LogP contribution in [0.4, 0.5) is 5.69 Å². The predicted molar refractivity (Wildman–Crippen MR) is 129 cm³/mol. The largest absolute Gasteiger partial charge is 0.322 e. The third kappa shape index (κ3) is 6.50. The zero-order valence-electron chi connectivity index (χ0n) is 18.5. The van der Waals surface area contributed by atoms with Gasteiger partial charge >= 0.3 is 0 Å². The van der Waals surface area contributed by atoms with Gasteiger partial charge in [-0.05, 0) is 53.8 Å². The van der Waals surface area contributed by atoms with Gasteiger partial charge in [0.15, 0.2) is 0 Å². The first-order valence-electron chi connectivity index (χ1n) is 10.5. The van der Waals surface area contributed by atoms with Gasteiger partial charge < -0.3 is 11.1 Å². The van der Waals surface area contributed by atoms with Crippen LogP contribution in [0.15, 0.2) is 83.8 Å². The van der Waals surface area contributed by atoms with Gasteiger partial charge in [-0.15, -0.1) is 0 Å². The second kappa shape index (κ2) is 10.4. The molecule has 3 rings (SSSR count). The summed E-state index contributed by atoms with van der Waals surface area (Å²) in [5.41, 5.74) is 8.36. The number of anilines is 1. The van der Waals surface area contributed by atoms with Gasteiger partial charge in [0.05, 0.1) is 10.9 Å². The number of rotatable bonds is 8. The quantitative estimate of drug-likeness (QED) is 0.468. The lowest BCUT2D eigenvalue weighted by Gasteiger charge is -2.15. The fourth-order valence-electron chi connectivity index (χ4n) is 3.30. The van der Waals surface area contributed by atoms with Crippen LogP contribution in [-0.4, -0.2) is 26.3 Å². The van der Waals surface area contributed by atoms with E-state index in [4.69, 9.17) is 5.73 Å². The zero-order valence-corrected chi connectivity index (χ0v) is 19.3. The van der Waals surface area contributed by atoms with E-state index in [0.717, 1.165) is 11.1 Å². The molecule has 8 heteroatoms. The Balaban J connectivity index is 1.75. The van der Waals surface area contributed by atoms with Crippen molar-refractivity contribution >= 4 is 27.5 Å². The summed E-state index contributed by atoms with van der Waals surface area (Å²) in [4.78, 5) is 24.8. The highest BCUT2D eigenvalue weighted by Gasteiger charge is 2.23. The van der Waals surface area contributed by atoms with E-state index in [2.05, 4.69) is 5.32 Å². The third-order valence-corrected chi connectivity index (χ3v) is 6.28. The van der Waals surface area contributed by atoms with Crippen molar-refractivity contribution in [3.63, 3.8) is 0 Å². The molecule has 172 valence electrons. The van der Waals surface area contributed by atoms with Crippen LogP contribution in [0.5, 0.6) is 0 Å². The number of hydrogen-bond donors (Lipinski definition) is 3. The molecular weight excluding hydrogens is 438 g/mol. The minimum Gasteiger partial charge on any atom is -0.322 e. The molecule has 1 atom stereocenters. The Labute approximate surface area is 194 Å². The summed E-state index contributed by atoms with van der Waals surface area (Å²) in [6.07, 6.45) is 0.361. The van der Waals surface area contributed by atoms with E-state index in [9.17, 15) is 18.0 Å². The maximum absolute atomic E-state index is 12.8.